The van der Waals surface area contributed by atoms with Gasteiger partial charge in [-0.05, 0) is 25.7 Å². The van der Waals surface area contributed by atoms with Gasteiger partial charge in [0, 0.05) is 13.8 Å². The van der Waals surface area contributed by atoms with Gasteiger partial charge in [-0.1, -0.05) is 104 Å². The van der Waals surface area contributed by atoms with E-state index >= 15 is 0 Å². The fourth-order valence-electron chi connectivity index (χ4n) is 4.16. The molecule has 0 aliphatic carbocycles. The van der Waals surface area contributed by atoms with Crippen molar-refractivity contribution in [3.05, 3.63) is 0 Å². The van der Waals surface area contributed by atoms with Crippen molar-refractivity contribution in [2.75, 3.05) is 13.2 Å². The molecule has 0 heterocycles. The summed E-state index contributed by atoms with van der Waals surface area (Å²) in [6.07, 6.45) is 21.2. The molecule has 0 N–H and O–H groups in total. The molecule has 0 aromatic carbocycles. The Balaban J connectivity index is -0.00000512. The van der Waals surface area contributed by atoms with Crippen molar-refractivity contribution in [2.24, 2.45) is 0 Å². The van der Waals surface area contributed by atoms with Crippen LogP contribution in [-0.2, 0) is 23.8 Å². The molecule has 0 radical (unpaired) electrons. The zero-order valence-electron chi connectivity index (χ0n) is 22.3. The average Bonchev–Trinajstić information content (AvgIpc) is 2.76. The predicted molar refractivity (Wildman–Crippen MR) is 151 cm³/mol. The number of hydrogen-bond acceptors (Lipinski definition) is 5. The van der Waals surface area contributed by atoms with Gasteiger partial charge in [0.15, 0.2) is 0 Å². The van der Waals surface area contributed by atoms with Crippen molar-refractivity contribution in [3.8, 4) is 0 Å². The SMILES string of the molecule is CCCCCCCCCCC(COCC(CCCCCCCCCC)OC(C)=O)OC(C)=O.[NaH].[NaH]. The van der Waals surface area contributed by atoms with E-state index in [0.717, 1.165) is 25.7 Å². The number of unbranched alkanes of at least 4 members (excludes halogenated alkanes) is 14. The third-order valence-corrected chi connectivity index (χ3v) is 6.03. The summed E-state index contributed by atoms with van der Waals surface area (Å²) in [5.41, 5.74) is 0. The van der Waals surface area contributed by atoms with Crippen LogP contribution in [0.5, 0.6) is 0 Å². The van der Waals surface area contributed by atoms with Gasteiger partial charge in [-0.3, -0.25) is 9.59 Å². The molecule has 5 nitrogen and oxygen atoms in total. The van der Waals surface area contributed by atoms with Crippen LogP contribution in [0.4, 0.5) is 0 Å². The Kier molecular flexibility index (Phi) is 35.9. The Morgan fingerprint density at radius 1 is 0.514 bits per heavy atom. The quantitative estimate of drug-likeness (QED) is 0.0815. The first-order valence-corrected chi connectivity index (χ1v) is 13.9. The number of carbonyl (C=O) groups excluding carboxylic acids is 2. The van der Waals surface area contributed by atoms with E-state index in [4.69, 9.17) is 14.2 Å². The molecule has 2 unspecified atom stereocenters. The maximum atomic E-state index is 11.5. The molecular formula is C28H56Na2O5. The normalized spacial score (nSPS) is 12.2. The number of carbonyl (C=O) groups is 2. The predicted octanol–water partition coefficient (Wildman–Crippen LogP) is 6.63. The summed E-state index contributed by atoms with van der Waals surface area (Å²) in [7, 11) is 0. The summed E-state index contributed by atoms with van der Waals surface area (Å²) in [6.45, 7) is 8.11. The minimum absolute atomic E-state index is 0. The number of ether oxygens (including phenoxy) is 3. The number of rotatable bonds is 24. The van der Waals surface area contributed by atoms with E-state index in [9.17, 15) is 9.59 Å². The summed E-state index contributed by atoms with van der Waals surface area (Å²) >= 11 is 0. The third kappa shape index (κ3) is 31.0. The molecule has 200 valence electrons. The molecule has 7 heteroatoms. The topological polar surface area (TPSA) is 61.8 Å². The second-order valence-electron chi connectivity index (χ2n) is 9.53. The van der Waals surface area contributed by atoms with Gasteiger partial charge in [-0.2, -0.15) is 0 Å². The van der Waals surface area contributed by atoms with Crippen LogP contribution in [0.3, 0.4) is 0 Å². The molecule has 0 aromatic rings. The molecule has 0 bridgehead atoms. The van der Waals surface area contributed by atoms with Crippen molar-refractivity contribution in [1.29, 1.82) is 0 Å². The van der Waals surface area contributed by atoms with Gasteiger partial charge in [-0.25, -0.2) is 0 Å². The summed E-state index contributed by atoms with van der Waals surface area (Å²) in [4.78, 5) is 22.9. The summed E-state index contributed by atoms with van der Waals surface area (Å²) in [5, 5.41) is 0. The molecule has 0 fully saturated rings. The van der Waals surface area contributed by atoms with Crippen molar-refractivity contribution >= 4 is 71.1 Å². The monoisotopic (exact) mass is 518 g/mol. The number of hydrogen-bond donors (Lipinski definition) is 0. The van der Waals surface area contributed by atoms with E-state index in [1.165, 1.54) is 104 Å². The fourth-order valence-corrected chi connectivity index (χ4v) is 4.16. The van der Waals surface area contributed by atoms with Crippen LogP contribution in [0, 0.1) is 0 Å². The van der Waals surface area contributed by atoms with Crippen LogP contribution < -0.4 is 0 Å². The van der Waals surface area contributed by atoms with Crippen molar-refractivity contribution in [2.45, 2.75) is 155 Å². The summed E-state index contributed by atoms with van der Waals surface area (Å²) in [6, 6.07) is 0. The van der Waals surface area contributed by atoms with Crippen LogP contribution in [0.1, 0.15) is 143 Å². The van der Waals surface area contributed by atoms with Gasteiger partial charge < -0.3 is 14.2 Å². The van der Waals surface area contributed by atoms with Gasteiger partial charge >= 0.3 is 71.1 Å². The Morgan fingerprint density at radius 3 is 1.09 bits per heavy atom. The molecule has 0 aliphatic heterocycles. The summed E-state index contributed by atoms with van der Waals surface area (Å²) < 4.78 is 16.8. The van der Waals surface area contributed by atoms with Crippen molar-refractivity contribution < 1.29 is 23.8 Å². The molecule has 2 atom stereocenters. The maximum absolute atomic E-state index is 11.5. The molecule has 0 saturated carbocycles. The van der Waals surface area contributed by atoms with Gasteiger partial charge in [0.2, 0.25) is 0 Å². The zero-order chi connectivity index (χ0) is 24.6. The average molecular weight is 519 g/mol. The van der Waals surface area contributed by atoms with Crippen molar-refractivity contribution in [1.82, 2.24) is 0 Å². The first-order chi connectivity index (χ1) is 16.0. The standard InChI is InChI=1S/C28H54O5.2Na.2H/c1-5-7-9-11-13-15-17-19-21-27(32-25(3)29)23-31-24-28(33-26(4)30)22-20-18-16-14-12-10-8-6-2;;;;/h27-28H,5-24H2,1-4H3;;;;. The Bertz CT molecular complexity index is 423. The molecular weight excluding hydrogens is 462 g/mol. The second kappa shape index (κ2) is 31.1. The van der Waals surface area contributed by atoms with Crippen molar-refractivity contribution in [3.63, 3.8) is 0 Å². The van der Waals surface area contributed by atoms with Crippen LogP contribution >= 0.6 is 0 Å². The van der Waals surface area contributed by atoms with Crippen LogP contribution in [0.2, 0.25) is 0 Å². The van der Waals surface area contributed by atoms with E-state index in [1.54, 1.807) is 0 Å². The molecule has 0 amide bonds. The Morgan fingerprint density at radius 2 is 0.800 bits per heavy atom. The van der Waals surface area contributed by atoms with Crippen LogP contribution in [-0.4, -0.2) is 96.5 Å². The molecule has 0 saturated heterocycles. The van der Waals surface area contributed by atoms with Crippen LogP contribution in [0.15, 0.2) is 0 Å². The van der Waals surface area contributed by atoms with E-state index in [0.29, 0.717) is 13.2 Å². The van der Waals surface area contributed by atoms with E-state index in [-0.39, 0.29) is 83.3 Å². The molecule has 0 spiro atoms. The zero-order valence-corrected chi connectivity index (χ0v) is 22.3. The van der Waals surface area contributed by atoms with E-state index in [1.807, 2.05) is 0 Å². The Hall–Kier alpha value is 0.900. The third-order valence-electron chi connectivity index (χ3n) is 6.03. The second-order valence-corrected chi connectivity index (χ2v) is 9.53. The minimum atomic E-state index is -0.265. The molecule has 35 heavy (non-hydrogen) atoms. The first kappa shape index (κ1) is 40.4. The Labute approximate surface area is 261 Å². The number of esters is 2. The summed E-state index contributed by atoms with van der Waals surface area (Å²) in [5.74, 6) is -0.530. The molecule has 0 aromatic heterocycles. The van der Waals surface area contributed by atoms with Gasteiger partial charge in [0.1, 0.15) is 12.2 Å². The van der Waals surface area contributed by atoms with Gasteiger partial charge in [-0.15, -0.1) is 0 Å². The van der Waals surface area contributed by atoms with E-state index in [2.05, 4.69) is 13.8 Å². The van der Waals surface area contributed by atoms with E-state index < -0.39 is 0 Å². The first-order valence-electron chi connectivity index (χ1n) is 13.9. The molecule has 0 aliphatic rings. The van der Waals surface area contributed by atoms with Gasteiger partial charge in [0.25, 0.3) is 0 Å². The molecule has 0 rings (SSSR count). The van der Waals surface area contributed by atoms with Gasteiger partial charge in [0.05, 0.1) is 13.2 Å². The fraction of sp³-hybridized carbons (Fsp3) is 0.929. The van der Waals surface area contributed by atoms with Crippen LogP contribution in [0.25, 0.3) is 0 Å².